The van der Waals surface area contributed by atoms with Gasteiger partial charge in [-0.05, 0) is 13.8 Å². The molecule has 0 saturated heterocycles. The van der Waals surface area contributed by atoms with Gasteiger partial charge in [0.25, 0.3) is 0 Å². The van der Waals surface area contributed by atoms with Crippen molar-refractivity contribution in [3.63, 3.8) is 0 Å². The predicted octanol–water partition coefficient (Wildman–Crippen LogP) is 1.79. The Bertz CT molecular complexity index is 532. The van der Waals surface area contributed by atoms with Gasteiger partial charge in [-0.1, -0.05) is 0 Å². The first-order valence-corrected chi connectivity index (χ1v) is 6.67. The molecule has 2 heterocycles. The van der Waals surface area contributed by atoms with Crippen LogP contribution in [0.4, 0.5) is 0 Å². The Morgan fingerprint density at radius 1 is 1.33 bits per heavy atom. The third kappa shape index (κ3) is 2.54. The molecule has 0 bridgehead atoms. The van der Waals surface area contributed by atoms with Crippen LogP contribution in [-0.2, 0) is 20.1 Å². The molecule has 0 fully saturated rings. The van der Waals surface area contributed by atoms with Crippen LogP contribution in [0.1, 0.15) is 21.8 Å². The molecule has 0 aromatic carbocycles. The minimum absolute atomic E-state index is 0.750. The van der Waals surface area contributed by atoms with Gasteiger partial charge in [-0.2, -0.15) is 5.10 Å². The topological polar surface area (TPSA) is 52.0 Å². The zero-order valence-corrected chi connectivity index (χ0v) is 12.0. The first-order valence-electron chi connectivity index (χ1n) is 5.79. The first kappa shape index (κ1) is 13.0. The summed E-state index contributed by atoms with van der Waals surface area (Å²) in [6.45, 7) is 5.61. The summed E-state index contributed by atoms with van der Waals surface area (Å²) in [6.07, 6.45) is 0. The maximum absolute atomic E-state index is 5.36. The van der Waals surface area contributed by atoms with Gasteiger partial charge in [0.15, 0.2) is 0 Å². The van der Waals surface area contributed by atoms with Gasteiger partial charge in [0, 0.05) is 25.0 Å². The van der Waals surface area contributed by atoms with E-state index in [-0.39, 0.29) is 0 Å². The van der Waals surface area contributed by atoms with Gasteiger partial charge in [-0.25, -0.2) is 9.67 Å². The van der Waals surface area contributed by atoms with Gasteiger partial charge >= 0.3 is 0 Å². The zero-order chi connectivity index (χ0) is 13.1. The minimum atomic E-state index is 0.750. The number of aromatic nitrogens is 3. The van der Waals surface area contributed by atoms with Crippen LogP contribution in [0.25, 0.3) is 0 Å². The van der Waals surface area contributed by atoms with Crippen molar-refractivity contribution in [1.82, 2.24) is 20.1 Å². The molecule has 6 heteroatoms. The molecule has 2 aromatic rings. The fourth-order valence-corrected chi connectivity index (χ4v) is 2.68. The van der Waals surface area contributed by atoms with Crippen LogP contribution in [0, 0.1) is 13.8 Å². The number of hydrogen-bond donors (Lipinski definition) is 1. The van der Waals surface area contributed by atoms with E-state index in [1.54, 1.807) is 23.1 Å². The second-order valence-corrected chi connectivity index (χ2v) is 5.10. The quantitative estimate of drug-likeness (QED) is 0.896. The summed E-state index contributed by atoms with van der Waals surface area (Å²) >= 11 is 1.68. The highest BCUT2D eigenvalue weighted by Gasteiger charge is 2.13. The van der Waals surface area contributed by atoms with E-state index in [4.69, 9.17) is 4.74 Å². The number of aryl methyl sites for hydroxylation is 3. The Labute approximate surface area is 111 Å². The summed E-state index contributed by atoms with van der Waals surface area (Å²) in [5.74, 6) is 0.820. The Morgan fingerprint density at radius 2 is 2.11 bits per heavy atom. The lowest BCUT2D eigenvalue weighted by Gasteiger charge is -2.06. The van der Waals surface area contributed by atoms with E-state index in [2.05, 4.69) is 15.4 Å². The molecule has 18 heavy (non-hydrogen) atoms. The van der Waals surface area contributed by atoms with Gasteiger partial charge in [0.1, 0.15) is 0 Å². The molecule has 2 aromatic heterocycles. The monoisotopic (exact) mass is 266 g/mol. The van der Waals surface area contributed by atoms with Crippen molar-refractivity contribution in [2.24, 2.45) is 7.05 Å². The molecule has 98 valence electrons. The molecule has 1 N–H and O–H groups in total. The normalized spacial score (nSPS) is 10.9. The molecule has 0 saturated carbocycles. The van der Waals surface area contributed by atoms with Crippen LogP contribution in [0.5, 0.6) is 5.88 Å². The van der Waals surface area contributed by atoms with Crippen molar-refractivity contribution in [2.45, 2.75) is 26.9 Å². The van der Waals surface area contributed by atoms with Crippen LogP contribution < -0.4 is 10.1 Å². The molecular weight excluding hydrogens is 248 g/mol. The first-order chi connectivity index (χ1) is 8.63. The van der Waals surface area contributed by atoms with Crippen molar-refractivity contribution in [1.29, 1.82) is 0 Å². The molecule has 0 radical (unpaired) electrons. The van der Waals surface area contributed by atoms with Crippen LogP contribution in [0.3, 0.4) is 0 Å². The van der Waals surface area contributed by atoms with Crippen molar-refractivity contribution < 1.29 is 4.74 Å². The van der Waals surface area contributed by atoms with Gasteiger partial charge in [0.05, 0.1) is 29.6 Å². The summed E-state index contributed by atoms with van der Waals surface area (Å²) in [6, 6.07) is 0. The van der Waals surface area contributed by atoms with Crippen LogP contribution >= 0.6 is 11.3 Å². The van der Waals surface area contributed by atoms with Crippen LogP contribution in [0.15, 0.2) is 5.51 Å². The molecule has 0 amide bonds. The Kier molecular flexibility index (Phi) is 3.98. The van der Waals surface area contributed by atoms with E-state index in [0.717, 1.165) is 35.9 Å². The van der Waals surface area contributed by atoms with E-state index < -0.39 is 0 Å². The minimum Gasteiger partial charge on any atom is -0.481 e. The molecule has 0 spiro atoms. The SMILES string of the molecule is COc1c(CNCc2scnc2C)c(C)nn1C. The number of nitrogens with zero attached hydrogens (tertiary/aromatic N) is 3. The molecular formula is C12H18N4OS. The van der Waals surface area contributed by atoms with Gasteiger partial charge in [0.2, 0.25) is 5.88 Å². The summed E-state index contributed by atoms with van der Waals surface area (Å²) in [5, 5.41) is 7.77. The van der Waals surface area contributed by atoms with Crippen LogP contribution in [-0.4, -0.2) is 21.9 Å². The Hall–Kier alpha value is -1.40. The lowest BCUT2D eigenvalue weighted by molar-refractivity contribution is 0.368. The van der Waals surface area contributed by atoms with Crippen molar-refractivity contribution >= 4 is 11.3 Å². The maximum atomic E-state index is 5.36. The molecule has 0 atom stereocenters. The number of ether oxygens (including phenoxy) is 1. The third-order valence-corrected chi connectivity index (χ3v) is 3.85. The standard InChI is InChI=1S/C12H18N4OS/c1-8-10(12(17-4)16(3)15-8)5-13-6-11-9(2)14-7-18-11/h7,13H,5-6H2,1-4H3. The second kappa shape index (κ2) is 5.49. The predicted molar refractivity (Wildman–Crippen MR) is 71.9 cm³/mol. The zero-order valence-electron chi connectivity index (χ0n) is 11.1. The van der Waals surface area contributed by atoms with Gasteiger partial charge < -0.3 is 10.1 Å². The molecule has 5 nitrogen and oxygen atoms in total. The number of hydrogen-bond acceptors (Lipinski definition) is 5. The maximum Gasteiger partial charge on any atom is 0.216 e. The highest BCUT2D eigenvalue weighted by Crippen LogP contribution is 2.21. The molecule has 2 rings (SSSR count). The highest BCUT2D eigenvalue weighted by atomic mass is 32.1. The smallest absolute Gasteiger partial charge is 0.216 e. The van der Waals surface area contributed by atoms with Crippen molar-refractivity contribution in [2.75, 3.05) is 7.11 Å². The Morgan fingerprint density at radius 3 is 2.72 bits per heavy atom. The number of methoxy groups -OCH3 is 1. The molecule has 0 aliphatic carbocycles. The van der Waals surface area contributed by atoms with E-state index >= 15 is 0 Å². The van der Waals surface area contributed by atoms with Crippen molar-refractivity contribution in [3.8, 4) is 5.88 Å². The molecule has 0 aliphatic heterocycles. The highest BCUT2D eigenvalue weighted by molar-refractivity contribution is 7.09. The molecule has 0 unspecified atom stereocenters. The molecule has 0 aliphatic rings. The summed E-state index contributed by atoms with van der Waals surface area (Å²) in [4.78, 5) is 5.51. The average Bonchev–Trinajstić information content (AvgIpc) is 2.84. The average molecular weight is 266 g/mol. The number of thiazole rings is 1. The number of nitrogens with one attached hydrogen (secondary N) is 1. The van der Waals surface area contributed by atoms with Gasteiger partial charge in [-0.15, -0.1) is 11.3 Å². The van der Waals surface area contributed by atoms with E-state index in [1.165, 1.54) is 4.88 Å². The summed E-state index contributed by atoms with van der Waals surface area (Å²) < 4.78 is 7.13. The summed E-state index contributed by atoms with van der Waals surface area (Å²) in [7, 11) is 3.57. The van der Waals surface area contributed by atoms with Crippen LogP contribution in [0.2, 0.25) is 0 Å². The van der Waals surface area contributed by atoms with Crippen molar-refractivity contribution in [3.05, 3.63) is 27.3 Å². The second-order valence-electron chi connectivity index (χ2n) is 4.16. The van der Waals surface area contributed by atoms with E-state index in [1.807, 2.05) is 26.4 Å². The fraction of sp³-hybridized carbons (Fsp3) is 0.500. The lowest BCUT2D eigenvalue weighted by atomic mass is 10.2. The largest absolute Gasteiger partial charge is 0.481 e. The van der Waals surface area contributed by atoms with Gasteiger partial charge in [-0.3, -0.25) is 0 Å². The third-order valence-electron chi connectivity index (χ3n) is 2.91. The summed E-state index contributed by atoms with van der Waals surface area (Å²) in [5.41, 5.74) is 5.09. The number of rotatable bonds is 5. The fourth-order valence-electron chi connectivity index (χ4n) is 1.94. The van der Waals surface area contributed by atoms with E-state index in [9.17, 15) is 0 Å². The Balaban J connectivity index is 2.00. The lowest BCUT2D eigenvalue weighted by Crippen LogP contribution is -2.13. The van der Waals surface area contributed by atoms with E-state index in [0.29, 0.717) is 0 Å².